The predicted octanol–water partition coefficient (Wildman–Crippen LogP) is 4.44. The monoisotopic (exact) mass is 257 g/mol. The molecule has 0 saturated carbocycles. The van der Waals surface area contributed by atoms with Crippen LogP contribution in [-0.4, -0.2) is 0 Å². The van der Waals surface area contributed by atoms with Crippen LogP contribution in [0.3, 0.4) is 0 Å². The van der Waals surface area contributed by atoms with Gasteiger partial charge < -0.3 is 5.73 Å². The molecule has 1 atom stereocenters. The van der Waals surface area contributed by atoms with Crippen molar-refractivity contribution in [1.82, 2.24) is 0 Å². The van der Waals surface area contributed by atoms with Crippen LogP contribution in [0, 0.1) is 26.6 Å². The number of nitrogens with two attached hydrogens (primary N) is 1. The van der Waals surface area contributed by atoms with E-state index in [2.05, 4.69) is 32.9 Å². The Balaban J connectivity index is 2.75. The lowest BCUT2D eigenvalue weighted by molar-refractivity contribution is 0.626. The molecule has 1 nitrogen and oxygen atoms in total. The number of aryl methyl sites for hydroxylation is 3. The first-order valence-corrected chi connectivity index (χ1v) is 6.53. The maximum Gasteiger partial charge on any atom is 0.123 e. The van der Waals surface area contributed by atoms with E-state index >= 15 is 0 Å². The quantitative estimate of drug-likeness (QED) is 0.845. The third-order valence-corrected chi connectivity index (χ3v) is 3.45. The second-order valence-corrected chi connectivity index (χ2v) is 5.29. The summed E-state index contributed by atoms with van der Waals surface area (Å²) >= 11 is 0. The first-order valence-electron chi connectivity index (χ1n) is 6.53. The Hall–Kier alpha value is -1.67. The van der Waals surface area contributed by atoms with Crippen molar-refractivity contribution in [3.05, 3.63) is 58.4 Å². The Morgan fingerprint density at radius 1 is 1.00 bits per heavy atom. The lowest BCUT2D eigenvalue weighted by Gasteiger charge is -2.17. The highest BCUT2D eigenvalue weighted by atomic mass is 19.1. The summed E-state index contributed by atoms with van der Waals surface area (Å²) in [7, 11) is 0. The minimum atomic E-state index is -0.223. The molecule has 2 heteroatoms. The molecule has 0 bridgehead atoms. The minimum absolute atomic E-state index is 0.115. The van der Waals surface area contributed by atoms with E-state index in [9.17, 15) is 4.39 Å². The zero-order valence-electron chi connectivity index (χ0n) is 11.9. The summed E-state index contributed by atoms with van der Waals surface area (Å²) in [5.41, 5.74) is 12.5. The number of rotatable bonds is 2. The fourth-order valence-electron chi connectivity index (χ4n) is 2.75. The molecule has 0 aliphatic carbocycles. The molecule has 100 valence electrons. The molecule has 0 saturated heterocycles. The van der Waals surface area contributed by atoms with E-state index in [0.29, 0.717) is 0 Å². The van der Waals surface area contributed by atoms with Crippen LogP contribution in [0.15, 0.2) is 30.3 Å². The first kappa shape index (κ1) is 13.8. The molecule has 0 aliphatic rings. The zero-order valence-corrected chi connectivity index (χ0v) is 11.9. The Bertz CT molecular complexity index is 592. The average Bonchev–Trinajstić information content (AvgIpc) is 2.27. The van der Waals surface area contributed by atoms with E-state index in [0.717, 1.165) is 27.8 Å². The molecule has 0 aromatic heterocycles. The van der Waals surface area contributed by atoms with E-state index in [4.69, 9.17) is 5.73 Å². The molecule has 0 amide bonds. The van der Waals surface area contributed by atoms with Gasteiger partial charge >= 0.3 is 0 Å². The highest BCUT2D eigenvalue weighted by Crippen LogP contribution is 2.33. The fraction of sp³-hybridized carbons (Fsp3) is 0.294. The summed E-state index contributed by atoms with van der Waals surface area (Å²) < 4.78 is 13.6. The van der Waals surface area contributed by atoms with Crippen LogP contribution < -0.4 is 5.73 Å². The third kappa shape index (κ3) is 2.69. The molecule has 2 rings (SSSR count). The molecular weight excluding hydrogens is 237 g/mol. The summed E-state index contributed by atoms with van der Waals surface area (Å²) in [6.45, 7) is 8.12. The molecule has 0 spiro atoms. The Morgan fingerprint density at radius 3 is 2.11 bits per heavy atom. The molecule has 19 heavy (non-hydrogen) atoms. The third-order valence-electron chi connectivity index (χ3n) is 3.45. The summed E-state index contributed by atoms with van der Waals surface area (Å²) in [5, 5.41) is 0. The summed E-state index contributed by atoms with van der Waals surface area (Å²) in [6.07, 6.45) is 0. The van der Waals surface area contributed by atoms with Gasteiger partial charge in [0, 0.05) is 6.04 Å². The first-order chi connectivity index (χ1) is 8.90. The maximum absolute atomic E-state index is 13.6. The molecule has 0 fully saturated rings. The number of benzene rings is 2. The molecule has 0 radical (unpaired) electrons. The Kier molecular flexibility index (Phi) is 3.72. The molecule has 2 aromatic carbocycles. The van der Waals surface area contributed by atoms with Crippen molar-refractivity contribution < 1.29 is 4.39 Å². The lowest BCUT2D eigenvalue weighted by Crippen LogP contribution is -2.08. The van der Waals surface area contributed by atoms with Crippen LogP contribution in [0.4, 0.5) is 4.39 Å². The number of halogens is 1. The van der Waals surface area contributed by atoms with Crippen molar-refractivity contribution in [1.29, 1.82) is 0 Å². The van der Waals surface area contributed by atoms with Crippen molar-refractivity contribution in [3.63, 3.8) is 0 Å². The summed E-state index contributed by atoms with van der Waals surface area (Å²) in [4.78, 5) is 0. The maximum atomic E-state index is 13.6. The van der Waals surface area contributed by atoms with Crippen LogP contribution in [0.5, 0.6) is 0 Å². The van der Waals surface area contributed by atoms with E-state index in [-0.39, 0.29) is 11.9 Å². The number of hydrogen-bond acceptors (Lipinski definition) is 1. The van der Waals surface area contributed by atoms with Gasteiger partial charge in [0.15, 0.2) is 0 Å². The Morgan fingerprint density at radius 2 is 1.58 bits per heavy atom. The van der Waals surface area contributed by atoms with E-state index in [1.54, 1.807) is 12.1 Å². The zero-order chi connectivity index (χ0) is 14.2. The van der Waals surface area contributed by atoms with Gasteiger partial charge in [-0.15, -0.1) is 0 Å². The predicted molar refractivity (Wildman–Crippen MR) is 78.6 cm³/mol. The van der Waals surface area contributed by atoms with E-state index in [1.807, 2.05) is 6.92 Å². The standard InChI is InChI=1S/C17H20FN/c1-10-7-11(2)17(12(3)8-10)16-9-14(18)5-6-15(16)13(4)19/h5-9,13H,19H2,1-4H3. The van der Waals surface area contributed by atoms with Gasteiger partial charge in [0.2, 0.25) is 0 Å². The van der Waals surface area contributed by atoms with Gasteiger partial charge in [0.05, 0.1) is 0 Å². The Labute approximate surface area is 114 Å². The van der Waals surface area contributed by atoms with Crippen molar-refractivity contribution in [3.8, 4) is 11.1 Å². The molecule has 2 aromatic rings. The van der Waals surface area contributed by atoms with Crippen molar-refractivity contribution >= 4 is 0 Å². The van der Waals surface area contributed by atoms with Crippen molar-refractivity contribution in [2.75, 3.05) is 0 Å². The number of hydrogen-bond donors (Lipinski definition) is 1. The molecular formula is C17H20FN. The SMILES string of the molecule is Cc1cc(C)c(-c2cc(F)ccc2C(C)N)c(C)c1. The molecule has 1 unspecified atom stereocenters. The van der Waals surface area contributed by atoms with E-state index < -0.39 is 0 Å². The van der Waals surface area contributed by atoms with Gasteiger partial charge in [0.1, 0.15) is 5.82 Å². The summed E-state index contributed by atoms with van der Waals surface area (Å²) in [6, 6.07) is 8.98. The van der Waals surface area contributed by atoms with Crippen LogP contribution in [0.25, 0.3) is 11.1 Å². The molecule has 2 N–H and O–H groups in total. The van der Waals surface area contributed by atoms with Gasteiger partial charge in [-0.05, 0) is 67.6 Å². The molecule has 0 aliphatic heterocycles. The van der Waals surface area contributed by atoms with Crippen LogP contribution in [0.2, 0.25) is 0 Å². The van der Waals surface area contributed by atoms with Gasteiger partial charge in [-0.25, -0.2) is 4.39 Å². The van der Waals surface area contributed by atoms with Crippen molar-refractivity contribution in [2.24, 2.45) is 5.73 Å². The topological polar surface area (TPSA) is 26.0 Å². The second kappa shape index (κ2) is 5.14. The highest BCUT2D eigenvalue weighted by molar-refractivity contribution is 5.74. The second-order valence-electron chi connectivity index (χ2n) is 5.29. The van der Waals surface area contributed by atoms with Gasteiger partial charge in [0.25, 0.3) is 0 Å². The fourth-order valence-corrected chi connectivity index (χ4v) is 2.75. The van der Waals surface area contributed by atoms with Crippen LogP contribution in [-0.2, 0) is 0 Å². The molecule has 0 heterocycles. The van der Waals surface area contributed by atoms with E-state index in [1.165, 1.54) is 11.6 Å². The normalized spacial score (nSPS) is 12.5. The smallest absolute Gasteiger partial charge is 0.123 e. The highest BCUT2D eigenvalue weighted by Gasteiger charge is 2.14. The minimum Gasteiger partial charge on any atom is -0.324 e. The average molecular weight is 257 g/mol. The van der Waals surface area contributed by atoms with Crippen molar-refractivity contribution in [2.45, 2.75) is 33.7 Å². The lowest BCUT2D eigenvalue weighted by atomic mass is 9.89. The van der Waals surface area contributed by atoms with Crippen LogP contribution in [0.1, 0.15) is 35.2 Å². The van der Waals surface area contributed by atoms with Gasteiger partial charge in [-0.3, -0.25) is 0 Å². The van der Waals surface area contributed by atoms with Crippen LogP contribution >= 0.6 is 0 Å². The summed E-state index contributed by atoms with van der Waals surface area (Å²) in [5.74, 6) is -0.223. The largest absolute Gasteiger partial charge is 0.324 e. The van der Waals surface area contributed by atoms with Gasteiger partial charge in [-0.1, -0.05) is 23.8 Å². The van der Waals surface area contributed by atoms with Gasteiger partial charge in [-0.2, -0.15) is 0 Å².